The van der Waals surface area contributed by atoms with E-state index in [9.17, 15) is 4.79 Å². The Bertz CT molecular complexity index is 715. The summed E-state index contributed by atoms with van der Waals surface area (Å²) in [6, 6.07) is 11.4. The number of carbonyl (C=O) groups excluding carboxylic acids is 1. The molecule has 0 saturated carbocycles. The largest absolute Gasteiger partial charge is 0.465 e. The normalized spacial score (nSPS) is 14.9. The lowest BCUT2D eigenvalue weighted by Crippen LogP contribution is -2.34. The minimum atomic E-state index is -0.527. The van der Waals surface area contributed by atoms with E-state index in [1.54, 1.807) is 6.07 Å². The number of ether oxygens (including phenoxy) is 3. The van der Waals surface area contributed by atoms with Gasteiger partial charge in [0.1, 0.15) is 14.9 Å². The molecule has 0 bridgehead atoms. The predicted octanol–water partition coefficient (Wildman–Crippen LogP) is 5.14. The Morgan fingerprint density at radius 3 is 2.33 bits per heavy atom. The van der Waals surface area contributed by atoms with E-state index in [4.69, 9.17) is 14.2 Å². The van der Waals surface area contributed by atoms with Crippen molar-refractivity contribution < 1.29 is 19.0 Å². The highest BCUT2D eigenvalue weighted by Crippen LogP contribution is 2.28. The molecule has 2 aromatic carbocycles. The average molecular weight is 554 g/mol. The number of esters is 1. The molecule has 0 aliphatic rings. The van der Waals surface area contributed by atoms with E-state index in [1.165, 1.54) is 0 Å². The van der Waals surface area contributed by atoms with Crippen LogP contribution in [-0.4, -0.2) is 26.7 Å². The maximum atomic E-state index is 12.2. The zero-order chi connectivity index (χ0) is 17.7. The number of benzene rings is 2. The minimum Gasteiger partial charge on any atom is -0.465 e. The molecular weight excluding hydrogens is 534 g/mol. The molecule has 2 aromatic rings. The van der Waals surface area contributed by atoms with E-state index in [2.05, 4.69) is 45.2 Å². The fourth-order valence-electron chi connectivity index (χ4n) is 2.07. The molecule has 2 unspecified atom stereocenters. The molecule has 0 amide bonds. The molecule has 4 nitrogen and oxygen atoms in total. The number of rotatable bonds is 7. The lowest BCUT2D eigenvalue weighted by Gasteiger charge is -2.18. The van der Waals surface area contributed by atoms with E-state index < -0.39 is 3.42 Å². The van der Waals surface area contributed by atoms with E-state index in [0.29, 0.717) is 16.8 Å². The van der Waals surface area contributed by atoms with Crippen LogP contribution in [0.4, 0.5) is 0 Å². The molecule has 0 radical (unpaired) electrons. The van der Waals surface area contributed by atoms with Gasteiger partial charge in [-0.15, -0.1) is 0 Å². The Morgan fingerprint density at radius 2 is 1.75 bits per heavy atom. The summed E-state index contributed by atoms with van der Waals surface area (Å²) in [7, 11) is 0. The second kappa shape index (κ2) is 8.66. The lowest BCUT2D eigenvalue weighted by molar-refractivity contribution is -0.135. The van der Waals surface area contributed by atoms with Gasteiger partial charge in [0.25, 0.3) is 0 Å². The van der Waals surface area contributed by atoms with Crippen LogP contribution in [0.2, 0.25) is 0 Å². The Kier molecular flexibility index (Phi) is 7.11. The molecule has 2 rings (SSSR count). The Balaban J connectivity index is 2.16. The molecule has 0 aromatic heterocycles. The van der Waals surface area contributed by atoms with Gasteiger partial charge in [-0.3, -0.25) is 4.79 Å². The third-order valence-electron chi connectivity index (χ3n) is 3.37. The first kappa shape index (κ1) is 19.7. The summed E-state index contributed by atoms with van der Waals surface area (Å²) < 4.78 is 16.8. The zero-order valence-electron chi connectivity index (χ0n) is 13.8. The molecule has 6 heteroatoms. The fraction of sp³-hybridized carbons (Fsp3) is 0.389. The van der Waals surface area contributed by atoms with Gasteiger partial charge in [-0.1, -0.05) is 57.3 Å². The summed E-state index contributed by atoms with van der Waals surface area (Å²) in [5.74, 6) is 1.07. The maximum absolute atomic E-state index is 12.2. The maximum Gasteiger partial charge on any atom is 0.327 e. The Labute approximate surface area is 169 Å². The minimum absolute atomic E-state index is 0.234. The van der Waals surface area contributed by atoms with Gasteiger partial charge < -0.3 is 14.2 Å². The molecule has 0 spiro atoms. The van der Waals surface area contributed by atoms with Crippen LogP contribution in [0.1, 0.15) is 20.8 Å². The van der Waals surface area contributed by atoms with Gasteiger partial charge in [0, 0.05) is 11.0 Å². The van der Waals surface area contributed by atoms with Gasteiger partial charge in [0.15, 0.2) is 6.29 Å². The monoisotopic (exact) mass is 554 g/mol. The van der Waals surface area contributed by atoms with Crippen LogP contribution in [0.5, 0.6) is 11.5 Å². The standard InChI is InChI=1S/C18H20I2O4/c1-4-22-12(2)23-15-7-5-14-10-16(8-6-13(14)9-15)24-17(21)18(3,20)11-19/h5-10,12H,4,11H2,1-3H3. The van der Waals surface area contributed by atoms with Crippen molar-refractivity contribution in [3.63, 3.8) is 0 Å². The van der Waals surface area contributed by atoms with Crippen molar-refractivity contribution in [2.45, 2.75) is 30.5 Å². The van der Waals surface area contributed by atoms with Crippen molar-refractivity contribution in [1.82, 2.24) is 0 Å². The topological polar surface area (TPSA) is 44.8 Å². The third-order valence-corrected chi connectivity index (χ3v) is 7.18. The van der Waals surface area contributed by atoms with Crippen molar-refractivity contribution in [1.29, 1.82) is 0 Å². The molecule has 130 valence electrons. The number of halogens is 2. The van der Waals surface area contributed by atoms with E-state index in [0.717, 1.165) is 16.5 Å². The smallest absolute Gasteiger partial charge is 0.327 e. The van der Waals surface area contributed by atoms with E-state index >= 15 is 0 Å². The van der Waals surface area contributed by atoms with Gasteiger partial charge in [-0.25, -0.2) is 0 Å². The highest BCUT2D eigenvalue weighted by atomic mass is 127. The van der Waals surface area contributed by atoms with Crippen LogP contribution in [0.3, 0.4) is 0 Å². The van der Waals surface area contributed by atoms with Crippen LogP contribution in [-0.2, 0) is 9.53 Å². The molecule has 0 heterocycles. The predicted molar refractivity (Wildman–Crippen MR) is 113 cm³/mol. The Morgan fingerprint density at radius 1 is 1.17 bits per heavy atom. The Hall–Kier alpha value is -0.610. The van der Waals surface area contributed by atoms with E-state index in [1.807, 2.05) is 51.1 Å². The summed E-state index contributed by atoms with van der Waals surface area (Å²) in [6.07, 6.45) is -0.290. The number of fused-ring (bicyclic) bond motifs is 1. The number of hydrogen-bond acceptors (Lipinski definition) is 4. The first-order valence-corrected chi connectivity index (χ1v) is 10.3. The van der Waals surface area contributed by atoms with Crippen molar-refractivity contribution in [3.8, 4) is 11.5 Å². The quantitative estimate of drug-likeness (QED) is 0.157. The molecule has 0 aliphatic carbocycles. The molecular formula is C18H20I2O4. The number of alkyl halides is 2. The second-order valence-electron chi connectivity index (χ2n) is 5.53. The van der Waals surface area contributed by atoms with Gasteiger partial charge in [0.05, 0.1) is 0 Å². The van der Waals surface area contributed by atoms with Crippen molar-refractivity contribution in [2.24, 2.45) is 0 Å². The molecule has 0 saturated heterocycles. The number of hydrogen-bond donors (Lipinski definition) is 0. The molecule has 0 aliphatic heterocycles. The lowest BCUT2D eigenvalue weighted by atomic mass is 10.1. The van der Waals surface area contributed by atoms with Crippen molar-refractivity contribution >= 4 is 61.9 Å². The summed E-state index contributed by atoms with van der Waals surface area (Å²) in [6.45, 7) is 6.27. The van der Waals surface area contributed by atoms with Crippen LogP contribution >= 0.6 is 45.2 Å². The van der Waals surface area contributed by atoms with Crippen molar-refractivity contribution in [2.75, 3.05) is 11.0 Å². The summed E-state index contributed by atoms with van der Waals surface area (Å²) >= 11 is 4.31. The zero-order valence-corrected chi connectivity index (χ0v) is 18.2. The van der Waals surface area contributed by atoms with Crippen LogP contribution in [0.15, 0.2) is 36.4 Å². The van der Waals surface area contributed by atoms with Gasteiger partial charge >= 0.3 is 5.97 Å². The first-order chi connectivity index (χ1) is 11.4. The molecule has 2 atom stereocenters. The first-order valence-electron chi connectivity index (χ1n) is 7.65. The SMILES string of the molecule is CCOC(C)Oc1ccc2cc(OC(=O)C(C)(I)CI)ccc2c1. The summed E-state index contributed by atoms with van der Waals surface area (Å²) in [5, 5.41) is 2.00. The third kappa shape index (κ3) is 5.19. The molecule has 0 N–H and O–H groups in total. The average Bonchev–Trinajstić information content (AvgIpc) is 2.55. The van der Waals surface area contributed by atoms with Crippen LogP contribution in [0.25, 0.3) is 10.8 Å². The van der Waals surface area contributed by atoms with Gasteiger partial charge in [-0.2, -0.15) is 0 Å². The van der Waals surface area contributed by atoms with E-state index in [-0.39, 0.29) is 12.3 Å². The van der Waals surface area contributed by atoms with Gasteiger partial charge in [0.2, 0.25) is 0 Å². The van der Waals surface area contributed by atoms with Crippen LogP contribution in [0, 0.1) is 0 Å². The highest BCUT2D eigenvalue weighted by Gasteiger charge is 2.30. The molecule has 0 fully saturated rings. The number of carbonyl (C=O) groups is 1. The summed E-state index contributed by atoms with van der Waals surface area (Å²) in [5.41, 5.74) is 0. The fourth-order valence-corrected chi connectivity index (χ4v) is 2.49. The van der Waals surface area contributed by atoms with Gasteiger partial charge in [-0.05, 0) is 55.8 Å². The van der Waals surface area contributed by atoms with Crippen LogP contribution < -0.4 is 9.47 Å². The van der Waals surface area contributed by atoms with Crippen molar-refractivity contribution in [3.05, 3.63) is 36.4 Å². The highest BCUT2D eigenvalue weighted by molar-refractivity contribution is 14.1. The second-order valence-corrected chi connectivity index (χ2v) is 8.68. The molecule has 24 heavy (non-hydrogen) atoms. The summed E-state index contributed by atoms with van der Waals surface area (Å²) in [4.78, 5) is 12.2.